The highest BCUT2D eigenvalue weighted by atomic mass is 15.3. The summed E-state index contributed by atoms with van der Waals surface area (Å²) in [5.74, 6) is 0. The molecule has 0 aromatic carbocycles. The fraction of sp³-hybridized carbons (Fsp3) is 0.400. The van der Waals surface area contributed by atoms with Crippen molar-refractivity contribution in [1.29, 1.82) is 0 Å². The standard InChI is InChI=1S/C10H15N5/c1-9-4-14-15(7-9)3-2-11-5-10-6-12-8-13-10/h4,6-8,11H,2-3,5H2,1H3,(H,12,13). The molecule has 5 heteroatoms. The van der Waals surface area contributed by atoms with Crippen LogP contribution in [0.15, 0.2) is 24.9 Å². The molecule has 0 unspecified atom stereocenters. The van der Waals surface area contributed by atoms with Gasteiger partial charge in [-0.1, -0.05) is 0 Å². The lowest BCUT2D eigenvalue weighted by Gasteiger charge is -2.03. The Kier molecular flexibility index (Phi) is 3.14. The second-order valence-corrected chi connectivity index (χ2v) is 3.53. The number of H-pyrrole nitrogens is 1. The maximum atomic E-state index is 4.21. The summed E-state index contributed by atoms with van der Waals surface area (Å²) in [6, 6.07) is 0. The Morgan fingerprint density at radius 3 is 3.07 bits per heavy atom. The summed E-state index contributed by atoms with van der Waals surface area (Å²) >= 11 is 0. The molecule has 0 bridgehead atoms. The van der Waals surface area contributed by atoms with Gasteiger partial charge in [0.15, 0.2) is 0 Å². The van der Waals surface area contributed by atoms with Crippen LogP contribution in [0.5, 0.6) is 0 Å². The van der Waals surface area contributed by atoms with Crippen molar-refractivity contribution in [2.75, 3.05) is 6.54 Å². The normalized spacial score (nSPS) is 10.7. The average Bonchev–Trinajstić information content (AvgIpc) is 2.84. The van der Waals surface area contributed by atoms with E-state index in [0.717, 1.165) is 25.3 Å². The molecule has 0 spiro atoms. The van der Waals surface area contributed by atoms with Gasteiger partial charge in [0.1, 0.15) is 0 Å². The number of aryl methyl sites for hydroxylation is 1. The van der Waals surface area contributed by atoms with E-state index in [1.54, 1.807) is 6.33 Å². The summed E-state index contributed by atoms with van der Waals surface area (Å²) in [5, 5.41) is 7.52. The molecule has 2 heterocycles. The van der Waals surface area contributed by atoms with E-state index < -0.39 is 0 Å². The zero-order valence-corrected chi connectivity index (χ0v) is 8.77. The van der Waals surface area contributed by atoms with E-state index in [9.17, 15) is 0 Å². The Balaban J connectivity index is 1.67. The van der Waals surface area contributed by atoms with Crippen LogP contribution in [0.2, 0.25) is 0 Å². The van der Waals surface area contributed by atoms with Gasteiger partial charge in [-0.3, -0.25) is 4.68 Å². The fourth-order valence-electron chi connectivity index (χ4n) is 1.39. The molecule has 0 saturated heterocycles. The first kappa shape index (κ1) is 9.92. The Morgan fingerprint density at radius 1 is 1.47 bits per heavy atom. The average molecular weight is 205 g/mol. The zero-order valence-electron chi connectivity index (χ0n) is 8.77. The summed E-state index contributed by atoms with van der Waals surface area (Å²) in [6.07, 6.45) is 7.42. The van der Waals surface area contributed by atoms with Gasteiger partial charge in [-0.05, 0) is 12.5 Å². The second kappa shape index (κ2) is 4.75. The van der Waals surface area contributed by atoms with Crippen molar-refractivity contribution in [2.24, 2.45) is 0 Å². The number of imidazole rings is 1. The van der Waals surface area contributed by atoms with Crippen LogP contribution in [-0.4, -0.2) is 26.3 Å². The third-order valence-electron chi connectivity index (χ3n) is 2.15. The molecule has 0 atom stereocenters. The highest BCUT2D eigenvalue weighted by Crippen LogP contribution is 1.93. The van der Waals surface area contributed by atoms with Gasteiger partial charge in [0.25, 0.3) is 0 Å². The highest BCUT2D eigenvalue weighted by molar-refractivity contribution is 4.99. The van der Waals surface area contributed by atoms with E-state index in [1.165, 1.54) is 5.56 Å². The van der Waals surface area contributed by atoms with E-state index >= 15 is 0 Å². The lowest BCUT2D eigenvalue weighted by molar-refractivity contribution is 0.552. The number of nitrogens with one attached hydrogen (secondary N) is 2. The summed E-state index contributed by atoms with van der Waals surface area (Å²) in [7, 11) is 0. The van der Waals surface area contributed by atoms with Crippen molar-refractivity contribution in [3.63, 3.8) is 0 Å². The molecular weight excluding hydrogens is 190 g/mol. The highest BCUT2D eigenvalue weighted by Gasteiger charge is 1.95. The summed E-state index contributed by atoms with van der Waals surface area (Å²) in [6.45, 7) is 4.66. The molecule has 0 amide bonds. The largest absolute Gasteiger partial charge is 0.347 e. The van der Waals surface area contributed by atoms with Crippen LogP contribution in [0.1, 0.15) is 11.3 Å². The molecule has 0 saturated carbocycles. The molecule has 0 aliphatic carbocycles. The SMILES string of the molecule is Cc1cnn(CCNCc2cnc[nH]2)c1. The van der Waals surface area contributed by atoms with Gasteiger partial charge in [-0.2, -0.15) is 5.10 Å². The van der Waals surface area contributed by atoms with Crippen LogP contribution >= 0.6 is 0 Å². The number of aromatic amines is 1. The van der Waals surface area contributed by atoms with Gasteiger partial charge in [0.2, 0.25) is 0 Å². The summed E-state index contributed by atoms with van der Waals surface area (Å²) in [5.41, 5.74) is 2.30. The number of aromatic nitrogens is 4. The number of hydrogen-bond donors (Lipinski definition) is 2. The monoisotopic (exact) mass is 205 g/mol. The van der Waals surface area contributed by atoms with E-state index in [2.05, 4.69) is 20.4 Å². The molecule has 2 rings (SSSR count). The molecule has 2 aromatic heterocycles. The van der Waals surface area contributed by atoms with E-state index in [1.807, 2.05) is 30.2 Å². The van der Waals surface area contributed by atoms with Gasteiger partial charge in [-0.15, -0.1) is 0 Å². The lowest BCUT2D eigenvalue weighted by atomic mass is 10.4. The van der Waals surface area contributed by atoms with Gasteiger partial charge in [-0.25, -0.2) is 4.98 Å². The predicted octanol–water partition coefficient (Wildman–Crippen LogP) is 0.704. The summed E-state index contributed by atoms with van der Waals surface area (Å²) < 4.78 is 1.94. The Bertz CT molecular complexity index is 390. The molecule has 0 radical (unpaired) electrons. The molecular formula is C10H15N5. The molecule has 2 aromatic rings. The third kappa shape index (κ3) is 2.92. The topological polar surface area (TPSA) is 58.5 Å². The molecule has 80 valence electrons. The molecule has 15 heavy (non-hydrogen) atoms. The van der Waals surface area contributed by atoms with Crippen LogP contribution < -0.4 is 5.32 Å². The molecule has 5 nitrogen and oxygen atoms in total. The minimum Gasteiger partial charge on any atom is -0.347 e. The summed E-state index contributed by atoms with van der Waals surface area (Å²) in [4.78, 5) is 6.99. The number of rotatable bonds is 5. The van der Waals surface area contributed by atoms with Gasteiger partial charge >= 0.3 is 0 Å². The minimum absolute atomic E-state index is 0.820. The minimum atomic E-state index is 0.820. The van der Waals surface area contributed by atoms with Crippen molar-refractivity contribution in [3.05, 3.63) is 36.2 Å². The maximum Gasteiger partial charge on any atom is 0.0922 e. The first-order chi connectivity index (χ1) is 7.34. The van der Waals surface area contributed by atoms with Gasteiger partial charge < -0.3 is 10.3 Å². The van der Waals surface area contributed by atoms with E-state index in [0.29, 0.717) is 0 Å². The van der Waals surface area contributed by atoms with Gasteiger partial charge in [0, 0.05) is 31.2 Å². The van der Waals surface area contributed by atoms with E-state index in [-0.39, 0.29) is 0 Å². The van der Waals surface area contributed by atoms with Crippen molar-refractivity contribution in [1.82, 2.24) is 25.1 Å². The van der Waals surface area contributed by atoms with Crippen LogP contribution in [0.3, 0.4) is 0 Å². The smallest absolute Gasteiger partial charge is 0.0922 e. The zero-order chi connectivity index (χ0) is 10.5. The van der Waals surface area contributed by atoms with Crippen LogP contribution in [0.4, 0.5) is 0 Å². The van der Waals surface area contributed by atoms with Crippen molar-refractivity contribution in [2.45, 2.75) is 20.0 Å². The molecule has 0 fully saturated rings. The first-order valence-corrected chi connectivity index (χ1v) is 5.01. The molecule has 0 aliphatic rings. The molecule has 0 aliphatic heterocycles. The number of hydrogen-bond acceptors (Lipinski definition) is 3. The van der Waals surface area contributed by atoms with Crippen LogP contribution in [-0.2, 0) is 13.1 Å². The second-order valence-electron chi connectivity index (χ2n) is 3.53. The van der Waals surface area contributed by atoms with Gasteiger partial charge in [0.05, 0.1) is 19.1 Å². The van der Waals surface area contributed by atoms with E-state index in [4.69, 9.17) is 0 Å². The third-order valence-corrected chi connectivity index (χ3v) is 2.15. The molecule has 2 N–H and O–H groups in total. The number of nitrogens with zero attached hydrogens (tertiary/aromatic N) is 3. The van der Waals surface area contributed by atoms with Crippen LogP contribution in [0.25, 0.3) is 0 Å². The first-order valence-electron chi connectivity index (χ1n) is 5.01. The Hall–Kier alpha value is -1.62. The predicted molar refractivity (Wildman–Crippen MR) is 57.3 cm³/mol. The van der Waals surface area contributed by atoms with Crippen LogP contribution in [0, 0.1) is 6.92 Å². The Morgan fingerprint density at radius 2 is 2.40 bits per heavy atom. The maximum absolute atomic E-state index is 4.21. The van der Waals surface area contributed by atoms with Crippen molar-refractivity contribution >= 4 is 0 Å². The fourth-order valence-corrected chi connectivity index (χ4v) is 1.39. The van der Waals surface area contributed by atoms with Crippen molar-refractivity contribution in [3.8, 4) is 0 Å². The quantitative estimate of drug-likeness (QED) is 0.707. The Labute approximate surface area is 88.5 Å². The lowest BCUT2D eigenvalue weighted by Crippen LogP contribution is -2.19. The van der Waals surface area contributed by atoms with Crippen molar-refractivity contribution < 1.29 is 0 Å².